The van der Waals surface area contributed by atoms with Crippen molar-refractivity contribution in [1.82, 2.24) is 4.90 Å². The monoisotopic (exact) mass is 554 g/mol. The molecular formula is C32H30N2O7. The van der Waals surface area contributed by atoms with Gasteiger partial charge in [0, 0.05) is 42.3 Å². The van der Waals surface area contributed by atoms with Gasteiger partial charge in [0.1, 0.15) is 23.9 Å². The van der Waals surface area contributed by atoms with E-state index in [1.165, 1.54) is 12.1 Å². The molecule has 0 amide bonds. The summed E-state index contributed by atoms with van der Waals surface area (Å²) in [6, 6.07) is 21.4. The van der Waals surface area contributed by atoms with E-state index in [1.807, 2.05) is 48.5 Å². The smallest absolute Gasteiger partial charge is 0.311 e. The Hall–Kier alpha value is -4.66. The molecule has 0 aromatic heterocycles. The normalized spacial score (nSPS) is 24.4. The molecule has 0 spiro atoms. The van der Waals surface area contributed by atoms with E-state index in [9.17, 15) is 19.7 Å². The van der Waals surface area contributed by atoms with Crippen molar-refractivity contribution in [3.05, 3.63) is 106 Å². The van der Waals surface area contributed by atoms with Crippen LogP contribution in [0.1, 0.15) is 29.5 Å². The first-order valence-corrected chi connectivity index (χ1v) is 13.5. The molecule has 3 aromatic rings. The van der Waals surface area contributed by atoms with Crippen LogP contribution >= 0.6 is 0 Å². The number of fused-ring (bicyclic) bond motifs is 4. The highest BCUT2D eigenvalue weighted by atomic mass is 16.6. The fraction of sp³-hybridized carbons (Fsp3) is 0.312. The molecule has 0 radical (unpaired) electrons. The Morgan fingerprint density at radius 3 is 2.20 bits per heavy atom. The Labute approximate surface area is 237 Å². The number of carbonyl (C=O) groups excluding carboxylic acids is 2. The number of allylic oxidation sites excluding steroid dienone is 1. The summed E-state index contributed by atoms with van der Waals surface area (Å²) >= 11 is 0. The van der Waals surface area contributed by atoms with E-state index in [2.05, 4.69) is 11.0 Å². The lowest BCUT2D eigenvalue weighted by Gasteiger charge is -2.61. The number of nitro groups is 1. The molecule has 210 valence electrons. The van der Waals surface area contributed by atoms with Crippen molar-refractivity contribution >= 4 is 23.1 Å². The van der Waals surface area contributed by atoms with Gasteiger partial charge in [0.2, 0.25) is 0 Å². The van der Waals surface area contributed by atoms with Crippen LogP contribution in [-0.2, 0) is 26.3 Å². The van der Waals surface area contributed by atoms with Crippen LogP contribution in [0, 0.1) is 22.0 Å². The minimum Gasteiger partial charge on any atom is -0.497 e. The molecule has 2 aliphatic heterocycles. The molecule has 3 aromatic carbocycles. The number of Topliss-reactive ketones (excluding diaryl/α,β-unsaturated/α-hetero) is 1. The second-order valence-corrected chi connectivity index (χ2v) is 10.8. The van der Waals surface area contributed by atoms with Gasteiger partial charge in [-0.15, -0.1) is 0 Å². The Morgan fingerprint density at radius 2 is 1.61 bits per heavy atom. The Morgan fingerprint density at radius 1 is 0.976 bits per heavy atom. The number of nitro benzene ring substituents is 1. The number of rotatable bonds is 8. The van der Waals surface area contributed by atoms with Crippen molar-refractivity contribution in [2.75, 3.05) is 20.8 Å². The summed E-state index contributed by atoms with van der Waals surface area (Å²) < 4.78 is 16.6. The average Bonchev–Trinajstić information content (AvgIpc) is 3.01. The third kappa shape index (κ3) is 4.51. The lowest BCUT2D eigenvalue weighted by atomic mass is 9.52. The lowest BCUT2D eigenvalue weighted by Crippen LogP contribution is -2.70. The molecule has 2 heterocycles. The van der Waals surface area contributed by atoms with E-state index in [4.69, 9.17) is 14.2 Å². The first-order chi connectivity index (χ1) is 19.8. The number of methoxy groups -OCH3 is 2. The molecule has 2 fully saturated rings. The van der Waals surface area contributed by atoms with Crippen molar-refractivity contribution in [2.45, 2.75) is 30.9 Å². The van der Waals surface area contributed by atoms with Gasteiger partial charge >= 0.3 is 5.97 Å². The second kappa shape index (κ2) is 10.4. The molecule has 41 heavy (non-hydrogen) atoms. The van der Waals surface area contributed by atoms with Crippen LogP contribution in [0.5, 0.6) is 11.5 Å². The van der Waals surface area contributed by atoms with Crippen LogP contribution < -0.4 is 9.47 Å². The second-order valence-electron chi connectivity index (χ2n) is 10.8. The molecule has 1 unspecified atom stereocenters. The van der Waals surface area contributed by atoms with Crippen LogP contribution in [0.3, 0.4) is 0 Å². The van der Waals surface area contributed by atoms with Gasteiger partial charge in [-0.25, -0.2) is 0 Å². The van der Waals surface area contributed by atoms with E-state index < -0.39 is 28.1 Å². The molecule has 0 N–H and O–H groups in total. The summed E-state index contributed by atoms with van der Waals surface area (Å²) in [6.07, 6.45) is 3.10. The van der Waals surface area contributed by atoms with Crippen LogP contribution in [0.25, 0.3) is 5.70 Å². The predicted molar refractivity (Wildman–Crippen MR) is 150 cm³/mol. The van der Waals surface area contributed by atoms with Gasteiger partial charge in [-0.3, -0.25) is 19.7 Å². The first-order valence-electron chi connectivity index (χ1n) is 13.5. The number of carbonyl (C=O) groups is 2. The molecule has 1 saturated carbocycles. The number of hydrogen-bond acceptors (Lipinski definition) is 8. The fourth-order valence-corrected chi connectivity index (χ4v) is 6.64. The van der Waals surface area contributed by atoms with Crippen LogP contribution in [0.15, 0.2) is 78.9 Å². The maximum absolute atomic E-state index is 13.9. The Balaban J connectivity index is 1.37. The minimum absolute atomic E-state index is 0.0320. The first kappa shape index (κ1) is 26.6. The standard InChI is InChI=1S/C32H30N2O7/c1-39-24-11-5-21(6-12-24)26-15-16-32(22-7-13-25(40-2)14-8-22)19-33(26)27-17-28(35)29(27)30(32)31(36)41-18-20-3-9-23(10-4-20)34(37)38/h3-15,27,29-30H,16-19H2,1-2H3/t27-,29?,30+,32+/m1/s1. The van der Waals surface area contributed by atoms with Crippen LogP contribution in [0.4, 0.5) is 5.69 Å². The summed E-state index contributed by atoms with van der Waals surface area (Å²) in [5.74, 6) is -0.0711. The number of piperidine rings is 1. The largest absolute Gasteiger partial charge is 0.497 e. The molecule has 3 aliphatic rings. The number of esters is 1. The number of non-ortho nitro benzene ring substituents is 1. The number of nitrogens with zero attached hydrogens (tertiary/aromatic N) is 2. The molecule has 9 nitrogen and oxygen atoms in total. The maximum atomic E-state index is 13.9. The summed E-state index contributed by atoms with van der Waals surface area (Å²) in [4.78, 5) is 40.0. The van der Waals surface area contributed by atoms with Crippen molar-refractivity contribution in [3.63, 3.8) is 0 Å². The van der Waals surface area contributed by atoms with Crippen LogP contribution in [0.2, 0.25) is 0 Å². The Bertz CT molecular complexity index is 1520. The average molecular weight is 555 g/mol. The third-order valence-electron chi connectivity index (χ3n) is 8.81. The zero-order valence-electron chi connectivity index (χ0n) is 22.8. The van der Waals surface area contributed by atoms with Crippen molar-refractivity contribution < 1.29 is 28.7 Å². The molecule has 4 atom stereocenters. The van der Waals surface area contributed by atoms with Gasteiger partial charge in [-0.2, -0.15) is 0 Å². The van der Waals surface area contributed by atoms with Gasteiger partial charge < -0.3 is 19.1 Å². The molecule has 1 aliphatic carbocycles. The highest BCUT2D eigenvalue weighted by molar-refractivity contribution is 5.95. The molecule has 9 heteroatoms. The van der Waals surface area contributed by atoms with Gasteiger partial charge in [0.05, 0.1) is 31.0 Å². The molecule has 1 saturated heterocycles. The molecule has 2 bridgehead atoms. The summed E-state index contributed by atoms with van der Waals surface area (Å²) in [5.41, 5.74) is 2.95. The number of ether oxygens (including phenoxy) is 3. The van der Waals surface area contributed by atoms with Gasteiger partial charge in [-0.05, 0) is 71.6 Å². The van der Waals surface area contributed by atoms with Crippen molar-refractivity contribution in [2.24, 2.45) is 11.8 Å². The summed E-state index contributed by atoms with van der Waals surface area (Å²) in [5, 5.41) is 11.0. The minimum atomic E-state index is -0.688. The Kier molecular flexibility index (Phi) is 6.73. The van der Waals surface area contributed by atoms with Gasteiger partial charge in [-0.1, -0.05) is 18.2 Å². The van der Waals surface area contributed by atoms with E-state index in [0.29, 0.717) is 30.7 Å². The highest BCUT2D eigenvalue weighted by Crippen LogP contribution is 2.56. The zero-order chi connectivity index (χ0) is 28.7. The van der Waals surface area contributed by atoms with Gasteiger partial charge in [0.25, 0.3) is 5.69 Å². The van der Waals surface area contributed by atoms with Crippen LogP contribution in [-0.4, -0.2) is 48.4 Å². The topological polar surface area (TPSA) is 108 Å². The third-order valence-corrected chi connectivity index (χ3v) is 8.81. The summed E-state index contributed by atoms with van der Waals surface area (Å²) in [7, 11) is 3.24. The predicted octanol–water partition coefficient (Wildman–Crippen LogP) is 4.93. The maximum Gasteiger partial charge on any atom is 0.311 e. The van der Waals surface area contributed by atoms with Crippen molar-refractivity contribution in [3.8, 4) is 11.5 Å². The van der Waals surface area contributed by atoms with Gasteiger partial charge in [0.15, 0.2) is 0 Å². The van der Waals surface area contributed by atoms with Crippen molar-refractivity contribution in [1.29, 1.82) is 0 Å². The van der Waals surface area contributed by atoms with E-state index in [1.54, 1.807) is 26.4 Å². The summed E-state index contributed by atoms with van der Waals surface area (Å²) in [6.45, 7) is 0.525. The SMILES string of the molecule is COc1ccc(C2=CC[C@@]3(c4ccc(OC)cc4)CN2[C@@H]2CC(=O)C2[C@H]3C(=O)OCc2ccc([N+](=O)[O-])cc2)cc1. The number of ketones is 1. The quantitative estimate of drug-likeness (QED) is 0.219. The highest BCUT2D eigenvalue weighted by Gasteiger charge is 2.64. The number of hydrogen-bond donors (Lipinski definition) is 0. The van der Waals surface area contributed by atoms with E-state index in [0.717, 1.165) is 22.6 Å². The van der Waals surface area contributed by atoms with E-state index >= 15 is 0 Å². The lowest BCUT2D eigenvalue weighted by molar-refractivity contribution is -0.384. The number of benzene rings is 3. The van der Waals surface area contributed by atoms with E-state index in [-0.39, 0.29) is 24.1 Å². The molecular weight excluding hydrogens is 524 g/mol. The molecule has 6 rings (SSSR count). The fourth-order valence-electron chi connectivity index (χ4n) is 6.64. The zero-order valence-corrected chi connectivity index (χ0v) is 22.8.